The van der Waals surface area contributed by atoms with Gasteiger partial charge in [-0.15, -0.1) is 0 Å². The van der Waals surface area contributed by atoms with Gasteiger partial charge >= 0.3 is 11.6 Å². The van der Waals surface area contributed by atoms with E-state index in [2.05, 4.69) is 42.6 Å². The van der Waals surface area contributed by atoms with E-state index < -0.39 is 9.85 Å². The molecule has 0 aromatic carbocycles. The summed E-state index contributed by atoms with van der Waals surface area (Å²) in [4.78, 5) is 31.5. The predicted molar refractivity (Wildman–Crippen MR) is 104 cm³/mol. The first-order chi connectivity index (χ1) is 12.9. The monoisotopic (exact) mass is 438 g/mol. The molecule has 10 nitrogen and oxygen atoms in total. The summed E-state index contributed by atoms with van der Waals surface area (Å²) >= 11 is 3.11. The molecule has 11 heteroatoms. The highest BCUT2D eigenvalue weighted by Gasteiger charge is 2.17. The van der Waals surface area contributed by atoms with E-state index in [1.165, 1.54) is 18.3 Å². The van der Waals surface area contributed by atoms with Crippen LogP contribution in [0.25, 0.3) is 0 Å². The topological polar surface area (TPSA) is 119 Å². The summed E-state index contributed by atoms with van der Waals surface area (Å²) in [6.45, 7) is 7.21. The van der Waals surface area contributed by atoms with E-state index in [1.54, 1.807) is 18.3 Å². The Morgan fingerprint density at radius 1 is 0.963 bits per heavy atom. The van der Waals surface area contributed by atoms with E-state index in [1.807, 2.05) is 0 Å². The van der Waals surface area contributed by atoms with E-state index in [4.69, 9.17) is 0 Å². The molecular formula is C16H19BrN6O4. The minimum atomic E-state index is -0.535. The summed E-state index contributed by atoms with van der Waals surface area (Å²) in [5, 5.41) is 20.5. The summed E-state index contributed by atoms with van der Waals surface area (Å²) < 4.78 is 0.734. The molecule has 2 aromatic rings. The van der Waals surface area contributed by atoms with Crippen LogP contribution in [-0.4, -0.2) is 57.4 Å². The second kappa shape index (κ2) is 9.88. The lowest BCUT2D eigenvalue weighted by Gasteiger charge is -2.34. The van der Waals surface area contributed by atoms with Gasteiger partial charge in [0.05, 0.1) is 10.2 Å². The Balaban J connectivity index is 0.000000223. The Morgan fingerprint density at radius 2 is 1.52 bits per heavy atom. The molecule has 1 aliphatic rings. The number of halogens is 1. The van der Waals surface area contributed by atoms with Crippen molar-refractivity contribution < 1.29 is 9.85 Å². The van der Waals surface area contributed by atoms with Crippen molar-refractivity contribution in [3.8, 4) is 0 Å². The molecule has 1 aliphatic heterocycles. The second-order valence-corrected chi connectivity index (χ2v) is 6.56. The molecule has 1 fully saturated rings. The Hall–Kier alpha value is -2.66. The third-order valence-electron chi connectivity index (χ3n) is 4.00. The van der Waals surface area contributed by atoms with Crippen LogP contribution in [0.2, 0.25) is 0 Å². The molecule has 1 saturated heterocycles. The third kappa shape index (κ3) is 6.22. The molecule has 0 unspecified atom stereocenters. The van der Waals surface area contributed by atoms with Crippen LogP contribution < -0.4 is 4.90 Å². The molecule has 3 heterocycles. The van der Waals surface area contributed by atoms with Gasteiger partial charge in [0, 0.05) is 38.3 Å². The Kier molecular flexibility index (Phi) is 7.55. The molecule has 0 amide bonds. The molecule has 144 valence electrons. The highest BCUT2D eigenvalue weighted by Crippen LogP contribution is 2.17. The number of likely N-dealkylation sites (N-methyl/N-ethyl adjacent to an activating group) is 1. The molecule has 0 N–H and O–H groups in total. The van der Waals surface area contributed by atoms with Gasteiger partial charge in [-0.1, -0.05) is 6.92 Å². The quantitative estimate of drug-likeness (QED) is 0.527. The van der Waals surface area contributed by atoms with Gasteiger partial charge in [0.2, 0.25) is 0 Å². The number of hydrogen-bond acceptors (Lipinski definition) is 8. The summed E-state index contributed by atoms with van der Waals surface area (Å²) in [5.41, 5.74) is 0.964. The maximum Gasteiger partial charge on any atom is 0.363 e. The normalized spacial score (nSPS) is 14.2. The molecule has 0 radical (unpaired) electrons. The summed E-state index contributed by atoms with van der Waals surface area (Å²) in [6.07, 6.45) is 2.97. The van der Waals surface area contributed by atoms with Crippen LogP contribution in [0.1, 0.15) is 6.92 Å². The van der Waals surface area contributed by atoms with Crippen molar-refractivity contribution in [3.05, 3.63) is 61.4 Å². The Labute approximate surface area is 164 Å². The van der Waals surface area contributed by atoms with E-state index >= 15 is 0 Å². The lowest BCUT2D eigenvalue weighted by Crippen LogP contribution is -2.46. The maximum absolute atomic E-state index is 10.5. The average molecular weight is 439 g/mol. The van der Waals surface area contributed by atoms with Gasteiger partial charge in [-0.25, -0.2) is 0 Å². The van der Waals surface area contributed by atoms with Gasteiger partial charge in [0.15, 0.2) is 12.4 Å². The van der Waals surface area contributed by atoms with Crippen LogP contribution in [0.5, 0.6) is 0 Å². The fourth-order valence-corrected chi connectivity index (χ4v) is 2.71. The Morgan fingerprint density at radius 3 is 1.93 bits per heavy atom. The van der Waals surface area contributed by atoms with Gasteiger partial charge in [-0.05, 0) is 54.4 Å². The largest absolute Gasteiger partial charge is 0.366 e. The minimum Gasteiger partial charge on any atom is -0.366 e. The number of hydrogen-bond donors (Lipinski definition) is 0. The van der Waals surface area contributed by atoms with Gasteiger partial charge < -0.3 is 30.0 Å². The number of pyridine rings is 2. The fraction of sp³-hybridized carbons (Fsp3) is 0.375. The fourth-order valence-electron chi connectivity index (χ4n) is 2.47. The third-order valence-corrected chi connectivity index (χ3v) is 4.47. The van der Waals surface area contributed by atoms with Gasteiger partial charge in [-0.3, -0.25) is 0 Å². The SMILES string of the molecule is CCN1CCN(c2ccc([N+](=O)[O-])nc2)CC1.O=[N+]([O-])c1ccc(Br)cn1. The minimum absolute atomic E-state index is 0.0963. The van der Waals surface area contributed by atoms with Crippen molar-refractivity contribution in [2.45, 2.75) is 6.92 Å². The molecule has 0 spiro atoms. The smallest absolute Gasteiger partial charge is 0.363 e. The van der Waals surface area contributed by atoms with E-state index in [0.29, 0.717) is 0 Å². The zero-order valence-corrected chi connectivity index (χ0v) is 16.3. The Bertz CT molecular complexity index is 763. The maximum atomic E-state index is 10.5. The molecule has 0 aliphatic carbocycles. The number of piperazine rings is 1. The number of anilines is 1. The van der Waals surface area contributed by atoms with Crippen molar-refractivity contribution >= 4 is 33.3 Å². The number of nitrogens with zero attached hydrogens (tertiary/aromatic N) is 6. The van der Waals surface area contributed by atoms with Crippen molar-refractivity contribution in [2.24, 2.45) is 0 Å². The molecule has 27 heavy (non-hydrogen) atoms. The van der Waals surface area contributed by atoms with Gasteiger partial charge in [-0.2, -0.15) is 0 Å². The lowest BCUT2D eigenvalue weighted by molar-refractivity contribution is -0.389. The highest BCUT2D eigenvalue weighted by molar-refractivity contribution is 9.10. The van der Waals surface area contributed by atoms with E-state index in [0.717, 1.165) is 42.9 Å². The van der Waals surface area contributed by atoms with Crippen LogP contribution in [0.3, 0.4) is 0 Å². The first-order valence-corrected chi connectivity index (χ1v) is 9.03. The summed E-state index contributed by atoms with van der Waals surface area (Å²) in [6, 6.07) is 6.14. The van der Waals surface area contributed by atoms with Crippen molar-refractivity contribution in [1.82, 2.24) is 14.9 Å². The standard InChI is InChI=1S/C11H16N4O2.C5H3BrN2O2/c1-2-13-5-7-14(8-6-13)10-3-4-11(12-9-10)15(16)17;6-4-1-2-5(7-3-4)8(9)10/h3-4,9H,2,5-8H2,1H3;1-3H. The van der Waals surface area contributed by atoms with Crippen LogP contribution in [0, 0.1) is 20.2 Å². The molecule has 3 rings (SSSR count). The van der Waals surface area contributed by atoms with Crippen molar-refractivity contribution in [1.29, 1.82) is 0 Å². The zero-order valence-electron chi connectivity index (χ0n) is 14.7. The summed E-state index contributed by atoms with van der Waals surface area (Å²) in [5.74, 6) is -0.232. The average Bonchev–Trinajstić information content (AvgIpc) is 2.69. The predicted octanol–water partition coefficient (Wildman–Crippen LogP) is 2.88. The number of nitro groups is 2. The molecule has 0 bridgehead atoms. The van der Waals surface area contributed by atoms with Crippen molar-refractivity contribution in [2.75, 3.05) is 37.6 Å². The molecular weight excluding hydrogens is 420 g/mol. The lowest BCUT2D eigenvalue weighted by atomic mass is 10.3. The van der Waals surface area contributed by atoms with Gasteiger partial charge in [0.1, 0.15) is 0 Å². The first-order valence-electron chi connectivity index (χ1n) is 8.24. The molecule has 2 aromatic heterocycles. The van der Waals surface area contributed by atoms with Crippen LogP contribution in [-0.2, 0) is 0 Å². The van der Waals surface area contributed by atoms with Crippen LogP contribution in [0.4, 0.5) is 17.3 Å². The van der Waals surface area contributed by atoms with Crippen LogP contribution >= 0.6 is 15.9 Å². The summed E-state index contributed by atoms with van der Waals surface area (Å²) in [7, 11) is 0. The molecule has 0 saturated carbocycles. The first kappa shape index (κ1) is 20.6. The second-order valence-electron chi connectivity index (χ2n) is 5.64. The zero-order chi connectivity index (χ0) is 19.8. The van der Waals surface area contributed by atoms with Crippen LogP contribution in [0.15, 0.2) is 41.1 Å². The highest BCUT2D eigenvalue weighted by atomic mass is 79.9. The molecule has 0 atom stereocenters. The number of aromatic nitrogens is 2. The van der Waals surface area contributed by atoms with E-state index in [9.17, 15) is 20.2 Å². The number of rotatable bonds is 4. The van der Waals surface area contributed by atoms with Crippen molar-refractivity contribution in [3.63, 3.8) is 0 Å². The van der Waals surface area contributed by atoms with Gasteiger partial charge in [0.25, 0.3) is 0 Å². The van der Waals surface area contributed by atoms with E-state index in [-0.39, 0.29) is 11.6 Å².